The molecule has 0 saturated carbocycles. The first-order valence-corrected chi connectivity index (χ1v) is 6.68. The fourth-order valence-electron chi connectivity index (χ4n) is 2.20. The van der Waals surface area contributed by atoms with E-state index in [9.17, 15) is 18.0 Å². The van der Waals surface area contributed by atoms with Crippen LogP contribution in [0.15, 0.2) is 30.3 Å². The monoisotopic (exact) mass is 302 g/mol. The minimum Gasteiger partial charge on any atom is -0.374 e. The number of amides is 1. The SMILES string of the molecule is O=C(NC[C@@H]1CN(Cc2ccccc2)CCO1)C(F)(F)F. The highest BCUT2D eigenvalue weighted by atomic mass is 19.4. The first kappa shape index (κ1) is 15.8. The standard InChI is InChI=1S/C14H17F3N2O2/c15-14(16,17)13(20)18-8-12-10-19(6-7-21-12)9-11-4-2-1-3-5-11/h1-5,12H,6-10H2,(H,18,20)/t12-/m1/s1. The summed E-state index contributed by atoms with van der Waals surface area (Å²) < 4.78 is 41.7. The Kier molecular flexibility index (Phi) is 5.19. The molecule has 0 bridgehead atoms. The zero-order chi connectivity index (χ0) is 15.3. The van der Waals surface area contributed by atoms with Crippen LogP contribution >= 0.6 is 0 Å². The largest absolute Gasteiger partial charge is 0.471 e. The van der Waals surface area contributed by atoms with Gasteiger partial charge in [-0.25, -0.2) is 0 Å². The molecule has 1 aliphatic heterocycles. The van der Waals surface area contributed by atoms with Crippen LogP contribution in [0.4, 0.5) is 13.2 Å². The van der Waals surface area contributed by atoms with E-state index in [4.69, 9.17) is 4.74 Å². The number of carbonyl (C=O) groups is 1. The van der Waals surface area contributed by atoms with Crippen molar-refractivity contribution in [1.29, 1.82) is 0 Å². The van der Waals surface area contributed by atoms with Gasteiger partial charge in [-0.2, -0.15) is 13.2 Å². The van der Waals surface area contributed by atoms with E-state index in [0.717, 1.165) is 12.1 Å². The molecule has 7 heteroatoms. The van der Waals surface area contributed by atoms with Gasteiger partial charge in [-0.3, -0.25) is 9.69 Å². The summed E-state index contributed by atoms with van der Waals surface area (Å²) in [5.41, 5.74) is 1.14. The molecule has 116 valence electrons. The zero-order valence-corrected chi connectivity index (χ0v) is 11.4. The molecule has 1 atom stereocenters. The molecular weight excluding hydrogens is 285 g/mol. The highest BCUT2D eigenvalue weighted by Gasteiger charge is 2.38. The lowest BCUT2D eigenvalue weighted by Crippen LogP contribution is -2.49. The van der Waals surface area contributed by atoms with Crippen molar-refractivity contribution < 1.29 is 22.7 Å². The summed E-state index contributed by atoms with van der Waals surface area (Å²) in [7, 11) is 0. The van der Waals surface area contributed by atoms with Crippen LogP contribution in [0.2, 0.25) is 0 Å². The van der Waals surface area contributed by atoms with Crippen molar-refractivity contribution in [2.24, 2.45) is 0 Å². The fraction of sp³-hybridized carbons (Fsp3) is 0.500. The van der Waals surface area contributed by atoms with Crippen molar-refractivity contribution in [2.75, 3.05) is 26.2 Å². The van der Waals surface area contributed by atoms with Crippen molar-refractivity contribution in [3.05, 3.63) is 35.9 Å². The molecule has 21 heavy (non-hydrogen) atoms. The second kappa shape index (κ2) is 6.91. The summed E-state index contributed by atoms with van der Waals surface area (Å²) in [6.45, 7) is 2.24. The van der Waals surface area contributed by atoms with Crippen LogP contribution in [-0.2, 0) is 16.1 Å². The average molecular weight is 302 g/mol. The molecule has 0 aliphatic carbocycles. The lowest BCUT2D eigenvalue weighted by Gasteiger charge is -2.33. The third kappa shape index (κ3) is 5.02. The number of nitrogens with zero attached hydrogens (tertiary/aromatic N) is 1. The Morgan fingerprint density at radius 2 is 2.05 bits per heavy atom. The molecular formula is C14H17F3N2O2. The highest BCUT2D eigenvalue weighted by molar-refractivity contribution is 5.81. The molecule has 0 radical (unpaired) electrons. The van der Waals surface area contributed by atoms with Crippen LogP contribution < -0.4 is 5.32 Å². The van der Waals surface area contributed by atoms with E-state index < -0.39 is 18.2 Å². The number of halogens is 3. The predicted octanol–water partition coefficient (Wildman–Crippen LogP) is 1.57. The first-order valence-electron chi connectivity index (χ1n) is 6.68. The molecule has 1 amide bonds. The molecule has 1 fully saturated rings. The number of ether oxygens (including phenoxy) is 1. The van der Waals surface area contributed by atoms with Crippen LogP contribution in [0.25, 0.3) is 0 Å². The topological polar surface area (TPSA) is 41.6 Å². The van der Waals surface area contributed by atoms with Crippen molar-refractivity contribution in [3.63, 3.8) is 0 Å². The summed E-state index contributed by atoms with van der Waals surface area (Å²) >= 11 is 0. The van der Waals surface area contributed by atoms with Crippen LogP contribution in [0, 0.1) is 0 Å². The van der Waals surface area contributed by atoms with Crippen LogP contribution in [-0.4, -0.2) is 49.3 Å². The first-order chi connectivity index (χ1) is 9.95. The fourth-order valence-corrected chi connectivity index (χ4v) is 2.20. The van der Waals surface area contributed by atoms with E-state index in [1.165, 1.54) is 0 Å². The highest BCUT2D eigenvalue weighted by Crippen LogP contribution is 2.15. The molecule has 0 aromatic heterocycles. The van der Waals surface area contributed by atoms with Gasteiger partial charge >= 0.3 is 12.1 Å². The maximum absolute atomic E-state index is 12.1. The molecule has 1 N–H and O–H groups in total. The Balaban J connectivity index is 1.80. The molecule has 0 unspecified atom stereocenters. The quantitative estimate of drug-likeness (QED) is 0.918. The van der Waals surface area contributed by atoms with Crippen molar-refractivity contribution in [1.82, 2.24) is 10.2 Å². The lowest BCUT2D eigenvalue weighted by molar-refractivity contribution is -0.174. The van der Waals surface area contributed by atoms with Gasteiger partial charge in [0.25, 0.3) is 0 Å². The zero-order valence-electron chi connectivity index (χ0n) is 11.4. The van der Waals surface area contributed by atoms with Gasteiger partial charge in [-0.15, -0.1) is 0 Å². The minimum atomic E-state index is -4.85. The van der Waals surface area contributed by atoms with Gasteiger partial charge < -0.3 is 10.1 Å². The molecule has 1 heterocycles. The van der Waals surface area contributed by atoms with E-state index >= 15 is 0 Å². The molecule has 0 spiro atoms. The molecule has 2 rings (SSSR count). The van der Waals surface area contributed by atoms with Crippen molar-refractivity contribution >= 4 is 5.91 Å². The van der Waals surface area contributed by atoms with E-state index in [2.05, 4.69) is 4.90 Å². The Morgan fingerprint density at radius 3 is 2.71 bits per heavy atom. The van der Waals surface area contributed by atoms with Gasteiger partial charge in [-0.05, 0) is 5.56 Å². The number of benzene rings is 1. The number of morpholine rings is 1. The number of hydrogen-bond donors (Lipinski definition) is 1. The Morgan fingerprint density at radius 1 is 1.33 bits per heavy atom. The number of hydrogen-bond acceptors (Lipinski definition) is 3. The number of alkyl halides is 3. The van der Waals surface area contributed by atoms with Gasteiger partial charge in [0.15, 0.2) is 0 Å². The van der Waals surface area contributed by atoms with Crippen molar-refractivity contribution in [2.45, 2.75) is 18.8 Å². The van der Waals surface area contributed by atoms with Crippen LogP contribution in [0.1, 0.15) is 5.56 Å². The summed E-state index contributed by atoms with van der Waals surface area (Å²) in [5.74, 6) is -1.92. The number of nitrogens with one attached hydrogen (secondary N) is 1. The van der Waals surface area contributed by atoms with Crippen molar-refractivity contribution in [3.8, 4) is 0 Å². The molecule has 1 aliphatic rings. The maximum atomic E-state index is 12.1. The lowest BCUT2D eigenvalue weighted by atomic mass is 10.2. The van der Waals surface area contributed by atoms with Crippen LogP contribution in [0.3, 0.4) is 0 Å². The molecule has 1 aromatic carbocycles. The van der Waals surface area contributed by atoms with Gasteiger partial charge in [0.05, 0.1) is 12.7 Å². The smallest absolute Gasteiger partial charge is 0.374 e. The summed E-state index contributed by atoms with van der Waals surface area (Å²) in [5, 5.41) is 1.86. The second-order valence-corrected chi connectivity index (χ2v) is 4.92. The maximum Gasteiger partial charge on any atom is 0.471 e. The summed E-state index contributed by atoms with van der Waals surface area (Å²) in [6, 6.07) is 9.80. The van der Waals surface area contributed by atoms with E-state index in [1.807, 2.05) is 35.6 Å². The Hall–Kier alpha value is -1.60. The summed E-state index contributed by atoms with van der Waals surface area (Å²) in [6.07, 6.45) is -5.27. The van der Waals surface area contributed by atoms with Crippen LogP contribution in [0.5, 0.6) is 0 Å². The van der Waals surface area contributed by atoms with Gasteiger partial charge in [0, 0.05) is 26.2 Å². The third-order valence-corrected chi connectivity index (χ3v) is 3.22. The normalized spacial score (nSPS) is 20.2. The van der Waals surface area contributed by atoms with E-state index in [1.54, 1.807) is 0 Å². The minimum absolute atomic E-state index is 0.135. The number of rotatable bonds is 4. The van der Waals surface area contributed by atoms with Gasteiger partial charge in [0.2, 0.25) is 0 Å². The molecule has 1 aromatic rings. The molecule has 4 nitrogen and oxygen atoms in total. The molecule has 1 saturated heterocycles. The predicted molar refractivity (Wildman–Crippen MR) is 70.5 cm³/mol. The Labute approximate surface area is 120 Å². The van der Waals surface area contributed by atoms with Gasteiger partial charge in [0.1, 0.15) is 0 Å². The summed E-state index contributed by atoms with van der Waals surface area (Å²) in [4.78, 5) is 12.9. The van der Waals surface area contributed by atoms with E-state index in [0.29, 0.717) is 19.7 Å². The average Bonchev–Trinajstić information content (AvgIpc) is 2.45. The third-order valence-electron chi connectivity index (χ3n) is 3.22. The van der Waals surface area contributed by atoms with E-state index in [-0.39, 0.29) is 6.54 Å². The Bertz CT molecular complexity index is 465. The number of carbonyl (C=O) groups excluding carboxylic acids is 1. The van der Waals surface area contributed by atoms with Gasteiger partial charge in [-0.1, -0.05) is 30.3 Å². The second-order valence-electron chi connectivity index (χ2n) is 4.92.